The maximum absolute atomic E-state index is 13.5. The minimum absolute atomic E-state index is 0.00501. The summed E-state index contributed by atoms with van der Waals surface area (Å²) in [5.74, 6) is -1.23. The second kappa shape index (κ2) is 11.6. The van der Waals surface area contributed by atoms with Gasteiger partial charge in [-0.05, 0) is 47.9 Å². The van der Waals surface area contributed by atoms with Crippen LogP contribution >= 0.6 is 11.6 Å². The standard InChI is InChI=1S/C27H27ClFN5O5S/c1-15(16(2)25(35)30-3)13-34-14-32-22-7-5-17(9-20(22)27(34)36)18-10-23(26(39-4)31-12-18)33-40(37,38)24-8-6-19(29)11-21(24)28/h5-12,14-16,33H,13H2,1-4H3,(H,30,35)/t15-,16-/m1/s1. The molecule has 0 radical (unpaired) electrons. The van der Waals surface area contributed by atoms with E-state index >= 15 is 0 Å². The Kier molecular flexibility index (Phi) is 8.40. The molecule has 13 heteroatoms. The van der Waals surface area contributed by atoms with Crippen LogP contribution in [0.15, 0.2) is 64.7 Å². The third-order valence-corrected chi connectivity index (χ3v) is 8.48. The Morgan fingerprint density at radius 1 is 1.12 bits per heavy atom. The molecule has 4 aromatic rings. The van der Waals surface area contributed by atoms with Gasteiger partial charge in [0.05, 0.1) is 29.4 Å². The molecule has 210 valence electrons. The molecule has 0 aliphatic carbocycles. The molecule has 0 aliphatic heterocycles. The smallest absolute Gasteiger partial charge is 0.263 e. The van der Waals surface area contributed by atoms with E-state index in [4.69, 9.17) is 16.3 Å². The van der Waals surface area contributed by atoms with Crippen LogP contribution in [-0.2, 0) is 21.4 Å². The number of methoxy groups -OCH3 is 1. The minimum atomic E-state index is -4.23. The van der Waals surface area contributed by atoms with E-state index in [1.165, 1.54) is 30.3 Å². The van der Waals surface area contributed by atoms with Gasteiger partial charge in [-0.25, -0.2) is 22.8 Å². The van der Waals surface area contributed by atoms with Crippen molar-refractivity contribution in [3.05, 3.63) is 76.2 Å². The lowest BCUT2D eigenvalue weighted by Gasteiger charge is -2.19. The van der Waals surface area contributed by atoms with Crippen LogP contribution in [0.25, 0.3) is 22.0 Å². The van der Waals surface area contributed by atoms with Crippen molar-refractivity contribution in [1.29, 1.82) is 0 Å². The van der Waals surface area contributed by atoms with Gasteiger partial charge in [-0.3, -0.25) is 18.9 Å². The molecule has 2 atom stereocenters. The molecule has 40 heavy (non-hydrogen) atoms. The van der Waals surface area contributed by atoms with Crippen molar-refractivity contribution in [2.45, 2.75) is 25.3 Å². The van der Waals surface area contributed by atoms with Crippen LogP contribution in [0, 0.1) is 17.7 Å². The number of ether oxygens (including phenoxy) is 1. The third-order valence-electron chi connectivity index (χ3n) is 6.63. The number of hydrogen-bond donors (Lipinski definition) is 2. The molecule has 10 nitrogen and oxygen atoms in total. The number of amides is 1. The van der Waals surface area contributed by atoms with E-state index in [2.05, 4.69) is 20.0 Å². The van der Waals surface area contributed by atoms with Gasteiger partial charge in [0, 0.05) is 31.3 Å². The summed E-state index contributed by atoms with van der Waals surface area (Å²) in [6, 6.07) is 9.51. The Bertz CT molecular complexity index is 1760. The van der Waals surface area contributed by atoms with Crippen LogP contribution in [0.4, 0.5) is 10.1 Å². The number of fused-ring (bicyclic) bond motifs is 1. The molecular formula is C27H27ClFN5O5S. The SMILES string of the molecule is CNC(=O)[C@H](C)[C@H](C)Cn1cnc2ccc(-c3cnc(OC)c(NS(=O)(=O)c4ccc(F)cc4Cl)c3)cc2c1=O. The van der Waals surface area contributed by atoms with Gasteiger partial charge in [-0.1, -0.05) is 31.5 Å². The maximum Gasteiger partial charge on any atom is 0.263 e. The number of pyridine rings is 1. The van der Waals surface area contributed by atoms with E-state index in [1.54, 1.807) is 32.2 Å². The number of benzene rings is 2. The van der Waals surface area contributed by atoms with Gasteiger partial charge in [0.2, 0.25) is 11.8 Å². The lowest BCUT2D eigenvalue weighted by molar-refractivity contribution is -0.125. The Hall–Kier alpha value is -4.03. The molecule has 0 unspecified atom stereocenters. The molecule has 2 aromatic heterocycles. The van der Waals surface area contributed by atoms with Gasteiger partial charge in [0.15, 0.2) is 0 Å². The molecular weight excluding hydrogens is 561 g/mol. The highest BCUT2D eigenvalue weighted by Crippen LogP contribution is 2.32. The molecule has 0 saturated heterocycles. The fourth-order valence-corrected chi connectivity index (χ4v) is 5.74. The molecule has 2 N–H and O–H groups in total. The first-order valence-corrected chi connectivity index (χ1v) is 14.0. The van der Waals surface area contributed by atoms with Crippen LogP contribution in [0.5, 0.6) is 5.88 Å². The second-order valence-corrected chi connectivity index (χ2v) is 11.3. The minimum Gasteiger partial charge on any atom is -0.480 e. The maximum atomic E-state index is 13.5. The molecule has 0 aliphatic rings. The van der Waals surface area contributed by atoms with Crippen molar-refractivity contribution >= 4 is 44.1 Å². The van der Waals surface area contributed by atoms with E-state index in [9.17, 15) is 22.4 Å². The number of aromatic nitrogens is 3. The summed E-state index contributed by atoms with van der Waals surface area (Å²) in [7, 11) is -1.32. The van der Waals surface area contributed by atoms with Crippen LogP contribution in [0.1, 0.15) is 13.8 Å². The summed E-state index contributed by atoms with van der Waals surface area (Å²) in [4.78, 5) is 33.6. The normalized spacial score (nSPS) is 13.1. The zero-order valence-corrected chi connectivity index (χ0v) is 23.7. The molecule has 1 amide bonds. The van der Waals surface area contributed by atoms with Crippen molar-refractivity contribution in [2.24, 2.45) is 11.8 Å². The van der Waals surface area contributed by atoms with Gasteiger partial charge >= 0.3 is 0 Å². The van der Waals surface area contributed by atoms with E-state index in [-0.39, 0.29) is 44.8 Å². The van der Waals surface area contributed by atoms with Crippen LogP contribution in [-0.4, -0.2) is 43.0 Å². The van der Waals surface area contributed by atoms with E-state index in [0.717, 1.165) is 18.2 Å². The third kappa shape index (κ3) is 5.92. The average Bonchev–Trinajstić information content (AvgIpc) is 2.93. The lowest BCUT2D eigenvalue weighted by Crippen LogP contribution is -2.33. The van der Waals surface area contributed by atoms with Crippen molar-refractivity contribution < 1.29 is 22.3 Å². The van der Waals surface area contributed by atoms with Crippen LogP contribution in [0.2, 0.25) is 5.02 Å². The summed E-state index contributed by atoms with van der Waals surface area (Å²) < 4.78 is 48.6. The number of carbonyl (C=O) groups excluding carboxylic acids is 1. The van der Waals surface area contributed by atoms with E-state index in [1.807, 2.05) is 6.92 Å². The number of nitrogens with one attached hydrogen (secondary N) is 2. The summed E-state index contributed by atoms with van der Waals surface area (Å²) in [6.07, 6.45) is 2.94. The Labute approximate surface area is 235 Å². The van der Waals surface area contributed by atoms with Gasteiger partial charge in [0.1, 0.15) is 16.4 Å². The molecule has 0 saturated carbocycles. The van der Waals surface area contributed by atoms with Gasteiger partial charge in [-0.15, -0.1) is 0 Å². The molecule has 2 heterocycles. The molecule has 0 fully saturated rings. The Balaban J connectivity index is 1.71. The number of nitrogens with zero attached hydrogens (tertiary/aromatic N) is 3. The van der Waals surface area contributed by atoms with Crippen molar-refractivity contribution in [3.63, 3.8) is 0 Å². The predicted octanol–water partition coefficient (Wildman–Crippen LogP) is 4.08. The average molecular weight is 588 g/mol. The number of halogens is 2. The van der Waals surface area contributed by atoms with Crippen LogP contribution < -0.4 is 20.3 Å². The van der Waals surface area contributed by atoms with Crippen molar-refractivity contribution in [2.75, 3.05) is 18.9 Å². The zero-order chi connectivity index (χ0) is 29.2. The molecule has 4 rings (SSSR count). The topological polar surface area (TPSA) is 132 Å². The van der Waals surface area contributed by atoms with E-state index < -0.39 is 15.8 Å². The molecule has 0 bridgehead atoms. The first-order chi connectivity index (χ1) is 18.9. The second-order valence-electron chi connectivity index (χ2n) is 9.28. The highest BCUT2D eigenvalue weighted by molar-refractivity contribution is 7.92. The predicted molar refractivity (Wildman–Crippen MR) is 150 cm³/mol. The molecule has 2 aromatic carbocycles. The fourth-order valence-electron chi connectivity index (χ4n) is 4.16. The van der Waals surface area contributed by atoms with Crippen molar-refractivity contribution in [1.82, 2.24) is 19.9 Å². The number of rotatable bonds is 9. The fraction of sp³-hybridized carbons (Fsp3) is 0.259. The Morgan fingerprint density at radius 2 is 1.88 bits per heavy atom. The first kappa shape index (κ1) is 29.0. The summed E-state index contributed by atoms with van der Waals surface area (Å²) >= 11 is 5.97. The number of anilines is 1. The summed E-state index contributed by atoms with van der Waals surface area (Å²) in [5.41, 5.74) is 1.27. The van der Waals surface area contributed by atoms with Gasteiger partial charge < -0.3 is 10.1 Å². The molecule has 0 spiro atoms. The first-order valence-electron chi connectivity index (χ1n) is 12.2. The monoisotopic (exact) mass is 587 g/mol. The Morgan fingerprint density at radius 3 is 2.55 bits per heavy atom. The summed E-state index contributed by atoms with van der Waals surface area (Å²) in [5, 5.41) is 2.68. The van der Waals surface area contributed by atoms with Gasteiger partial charge in [0.25, 0.3) is 15.6 Å². The highest BCUT2D eigenvalue weighted by Gasteiger charge is 2.22. The van der Waals surface area contributed by atoms with Gasteiger partial charge in [-0.2, -0.15) is 0 Å². The van der Waals surface area contributed by atoms with E-state index in [0.29, 0.717) is 28.6 Å². The number of sulfonamides is 1. The number of hydrogen-bond acceptors (Lipinski definition) is 7. The highest BCUT2D eigenvalue weighted by atomic mass is 35.5. The summed E-state index contributed by atoms with van der Waals surface area (Å²) in [6.45, 7) is 3.98. The lowest BCUT2D eigenvalue weighted by atomic mass is 9.95. The van der Waals surface area contributed by atoms with Crippen molar-refractivity contribution in [3.8, 4) is 17.0 Å². The number of carbonyl (C=O) groups is 1. The van der Waals surface area contributed by atoms with Crippen LogP contribution in [0.3, 0.4) is 0 Å². The largest absolute Gasteiger partial charge is 0.480 e. The zero-order valence-electron chi connectivity index (χ0n) is 22.1. The quantitative estimate of drug-likeness (QED) is 0.301.